The predicted molar refractivity (Wildman–Crippen MR) is 129 cm³/mol. The van der Waals surface area contributed by atoms with Gasteiger partial charge in [-0.25, -0.2) is 0 Å². The van der Waals surface area contributed by atoms with Crippen LogP contribution in [0.3, 0.4) is 0 Å². The number of nitrogens with zero attached hydrogens (tertiary/aromatic N) is 2. The molecule has 0 aromatic heterocycles. The third-order valence-corrected chi connectivity index (χ3v) is 5.47. The second kappa shape index (κ2) is 13.0. The van der Waals surface area contributed by atoms with Gasteiger partial charge in [0.1, 0.15) is 11.5 Å². The lowest BCUT2D eigenvalue weighted by Gasteiger charge is -2.35. The molecule has 28 heavy (non-hydrogen) atoms. The Bertz CT molecular complexity index is 578. The maximum atomic E-state index is 5.40. The predicted octanol–water partition coefficient (Wildman–Crippen LogP) is 3.89. The summed E-state index contributed by atoms with van der Waals surface area (Å²) < 4.78 is 10.8. The molecule has 0 atom stereocenters. The summed E-state index contributed by atoms with van der Waals surface area (Å²) in [5, 5.41) is 7.07. The van der Waals surface area contributed by atoms with E-state index in [1.54, 1.807) is 14.2 Å². The van der Waals surface area contributed by atoms with Crippen LogP contribution in [0.2, 0.25) is 0 Å². The van der Waals surface area contributed by atoms with Crippen LogP contribution in [0.5, 0.6) is 11.5 Å². The highest BCUT2D eigenvalue weighted by Gasteiger charge is 2.21. The molecule has 0 bridgehead atoms. The van der Waals surface area contributed by atoms with Crippen molar-refractivity contribution in [1.29, 1.82) is 0 Å². The van der Waals surface area contributed by atoms with E-state index in [1.807, 2.05) is 13.1 Å². The first-order valence-corrected chi connectivity index (χ1v) is 10.1. The van der Waals surface area contributed by atoms with Gasteiger partial charge in [0.2, 0.25) is 0 Å². The van der Waals surface area contributed by atoms with Crippen molar-refractivity contribution in [3.05, 3.63) is 18.2 Å². The summed E-state index contributed by atoms with van der Waals surface area (Å²) in [6.45, 7) is 7.47. The van der Waals surface area contributed by atoms with Gasteiger partial charge in [-0.05, 0) is 18.8 Å². The number of benzene rings is 1. The normalized spacial score (nSPS) is 15.2. The van der Waals surface area contributed by atoms with Crippen LogP contribution in [0, 0.1) is 5.92 Å². The lowest BCUT2D eigenvalue weighted by atomic mass is 10.0. The molecule has 7 heteroatoms. The summed E-state index contributed by atoms with van der Waals surface area (Å²) in [5.74, 6) is 3.28. The summed E-state index contributed by atoms with van der Waals surface area (Å²) in [7, 11) is 5.23. The van der Waals surface area contributed by atoms with Crippen LogP contribution in [0.4, 0.5) is 5.69 Å². The van der Waals surface area contributed by atoms with E-state index in [1.165, 1.54) is 12.8 Å². The van der Waals surface area contributed by atoms with Crippen LogP contribution >= 0.6 is 24.0 Å². The molecule has 0 saturated carbocycles. The first-order valence-electron chi connectivity index (χ1n) is 10.1. The first kappa shape index (κ1) is 24.7. The molecule has 160 valence electrons. The fourth-order valence-electron chi connectivity index (χ4n) is 3.46. The van der Waals surface area contributed by atoms with Crippen LogP contribution in [-0.4, -0.2) is 52.9 Å². The number of hydrogen-bond donors (Lipinski definition) is 2. The molecule has 2 N–H and O–H groups in total. The van der Waals surface area contributed by atoms with Crippen molar-refractivity contribution in [2.75, 3.05) is 45.8 Å². The van der Waals surface area contributed by atoms with Crippen molar-refractivity contribution in [1.82, 2.24) is 10.6 Å². The van der Waals surface area contributed by atoms with Crippen LogP contribution in [0.15, 0.2) is 23.2 Å². The van der Waals surface area contributed by atoms with E-state index in [4.69, 9.17) is 9.47 Å². The largest absolute Gasteiger partial charge is 0.497 e. The monoisotopic (exact) mass is 504 g/mol. The Labute approximate surface area is 187 Å². The molecule has 0 aliphatic carbocycles. The van der Waals surface area contributed by atoms with Gasteiger partial charge in [-0.15, -0.1) is 24.0 Å². The van der Waals surface area contributed by atoms with Gasteiger partial charge in [-0.2, -0.15) is 0 Å². The number of halogens is 1. The number of anilines is 1. The Morgan fingerprint density at radius 3 is 2.14 bits per heavy atom. The summed E-state index contributed by atoms with van der Waals surface area (Å²) in [5.41, 5.74) is 1.15. The van der Waals surface area contributed by atoms with Gasteiger partial charge >= 0.3 is 0 Å². The quantitative estimate of drug-likeness (QED) is 0.320. The van der Waals surface area contributed by atoms with E-state index in [9.17, 15) is 0 Å². The number of ether oxygens (including phenoxy) is 2. The molecular weight excluding hydrogens is 467 g/mol. The second-order valence-corrected chi connectivity index (χ2v) is 7.11. The fourth-order valence-corrected chi connectivity index (χ4v) is 3.46. The van der Waals surface area contributed by atoms with Gasteiger partial charge in [-0.1, -0.05) is 26.7 Å². The molecule has 1 aliphatic rings. The molecule has 1 aromatic rings. The first-order chi connectivity index (χ1) is 13.1. The van der Waals surface area contributed by atoms with Gasteiger partial charge in [0.25, 0.3) is 0 Å². The minimum atomic E-state index is 0. The Hall–Kier alpha value is -1.38. The third kappa shape index (κ3) is 7.22. The van der Waals surface area contributed by atoms with Gasteiger partial charge < -0.3 is 25.0 Å². The van der Waals surface area contributed by atoms with Gasteiger partial charge in [0, 0.05) is 56.6 Å². The molecule has 0 unspecified atom stereocenters. The highest BCUT2D eigenvalue weighted by molar-refractivity contribution is 14.0. The highest BCUT2D eigenvalue weighted by Crippen LogP contribution is 2.30. The van der Waals surface area contributed by atoms with Crippen LogP contribution in [0.1, 0.15) is 39.5 Å². The van der Waals surface area contributed by atoms with E-state index >= 15 is 0 Å². The summed E-state index contributed by atoms with van der Waals surface area (Å²) in [6, 6.07) is 6.51. The van der Waals surface area contributed by atoms with E-state index < -0.39 is 0 Å². The molecule has 6 nitrogen and oxygen atoms in total. The third-order valence-electron chi connectivity index (χ3n) is 5.47. The zero-order valence-electron chi connectivity index (χ0n) is 18.0. The van der Waals surface area contributed by atoms with Crippen molar-refractivity contribution in [3.63, 3.8) is 0 Å². The maximum absolute atomic E-state index is 5.40. The van der Waals surface area contributed by atoms with Crippen LogP contribution in [0.25, 0.3) is 0 Å². The lowest BCUT2D eigenvalue weighted by Crippen LogP contribution is -2.49. The molecule has 2 rings (SSSR count). The van der Waals surface area contributed by atoms with Crippen molar-refractivity contribution >= 4 is 35.6 Å². The lowest BCUT2D eigenvalue weighted by molar-refractivity contribution is 0.393. The minimum Gasteiger partial charge on any atom is -0.497 e. The number of nitrogens with one attached hydrogen (secondary N) is 2. The van der Waals surface area contributed by atoms with E-state index in [2.05, 4.69) is 46.5 Å². The second-order valence-electron chi connectivity index (χ2n) is 7.11. The Morgan fingerprint density at radius 2 is 1.68 bits per heavy atom. The average Bonchev–Trinajstić information content (AvgIpc) is 2.73. The molecular formula is C21H37IN4O2. The number of piperidine rings is 1. The van der Waals surface area contributed by atoms with Crippen molar-refractivity contribution in [3.8, 4) is 11.5 Å². The molecule has 0 amide bonds. The van der Waals surface area contributed by atoms with E-state index in [0.717, 1.165) is 55.6 Å². The Kier molecular flexibility index (Phi) is 11.4. The SMILES string of the molecule is CCC(CC)CNC(=NC)NC1CCN(c2cc(OC)cc(OC)c2)CC1.I. The molecule has 1 aliphatic heterocycles. The molecule has 0 radical (unpaired) electrons. The smallest absolute Gasteiger partial charge is 0.191 e. The molecule has 1 fully saturated rings. The van der Waals surface area contributed by atoms with E-state index in [-0.39, 0.29) is 24.0 Å². The summed E-state index contributed by atoms with van der Waals surface area (Å²) >= 11 is 0. The highest BCUT2D eigenvalue weighted by atomic mass is 127. The van der Waals surface area contributed by atoms with E-state index in [0.29, 0.717) is 12.0 Å². The van der Waals surface area contributed by atoms with Gasteiger partial charge in [0.05, 0.1) is 14.2 Å². The van der Waals surface area contributed by atoms with Crippen molar-refractivity contribution in [2.45, 2.75) is 45.6 Å². The average molecular weight is 504 g/mol. The maximum Gasteiger partial charge on any atom is 0.191 e. The Balaban J connectivity index is 0.00000392. The number of hydrogen-bond acceptors (Lipinski definition) is 4. The number of guanidine groups is 1. The van der Waals surface area contributed by atoms with Gasteiger partial charge in [0.15, 0.2) is 5.96 Å². The summed E-state index contributed by atoms with van der Waals surface area (Å²) in [4.78, 5) is 6.79. The zero-order chi connectivity index (χ0) is 19.6. The van der Waals surface area contributed by atoms with Crippen LogP contribution in [-0.2, 0) is 0 Å². The molecule has 1 saturated heterocycles. The standard InChI is InChI=1S/C21H36N4O2.HI/c1-6-16(7-2)15-23-21(22-3)24-17-8-10-25(11-9-17)18-12-19(26-4)14-20(13-18)27-5;/h12-14,16-17H,6-11,15H2,1-5H3,(H2,22,23,24);1H. The molecule has 1 aromatic carbocycles. The number of rotatable bonds is 8. The zero-order valence-corrected chi connectivity index (χ0v) is 20.3. The number of aliphatic imine (C=N–C) groups is 1. The molecule has 0 spiro atoms. The van der Waals surface area contributed by atoms with Gasteiger partial charge in [-0.3, -0.25) is 4.99 Å². The van der Waals surface area contributed by atoms with Crippen molar-refractivity contribution < 1.29 is 9.47 Å². The van der Waals surface area contributed by atoms with Crippen LogP contribution < -0.4 is 25.0 Å². The number of methoxy groups -OCH3 is 2. The topological polar surface area (TPSA) is 58.1 Å². The molecule has 1 heterocycles. The van der Waals surface area contributed by atoms with Crippen molar-refractivity contribution in [2.24, 2.45) is 10.9 Å². The fraction of sp³-hybridized carbons (Fsp3) is 0.667. The minimum absolute atomic E-state index is 0. The Morgan fingerprint density at radius 1 is 1.11 bits per heavy atom. The summed E-state index contributed by atoms with van der Waals surface area (Å²) in [6.07, 6.45) is 4.54.